The summed E-state index contributed by atoms with van der Waals surface area (Å²) in [5.74, 6) is -3.40. The smallest absolute Gasteiger partial charge is 0.262 e. The topological polar surface area (TPSA) is 66.9 Å². The van der Waals surface area contributed by atoms with Crippen molar-refractivity contribution in [3.8, 4) is 10.6 Å². The van der Waals surface area contributed by atoms with E-state index in [0.717, 1.165) is 11.3 Å². The maximum atomic E-state index is 13.1. The lowest BCUT2D eigenvalue weighted by atomic mass is 10.2. The summed E-state index contributed by atoms with van der Waals surface area (Å²) in [6.07, 6.45) is -0.519. The van der Waals surface area contributed by atoms with Crippen molar-refractivity contribution in [2.75, 3.05) is 11.9 Å². The molecule has 1 saturated heterocycles. The maximum absolute atomic E-state index is 13.1. The summed E-state index contributed by atoms with van der Waals surface area (Å²) in [5, 5.41) is 14.1. The van der Waals surface area contributed by atoms with Gasteiger partial charge in [-0.3, -0.25) is 15.4 Å². The van der Waals surface area contributed by atoms with Crippen molar-refractivity contribution in [3.05, 3.63) is 29.3 Å². The van der Waals surface area contributed by atoms with E-state index in [4.69, 9.17) is 11.6 Å². The molecule has 1 atom stereocenters. The molecule has 0 aliphatic carbocycles. The van der Waals surface area contributed by atoms with Crippen LogP contribution in [-0.2, 0) is 4.79 Å². The van der Waals surface area contributed by atoms with Crippen LogP contribution in [0.15, 0.2) is 24.3 Å². The number of hydrogen-bond acceptors (Lipinski definition) is 5. The zero-order chi connectivity index (χ0) is 15.7. The Bertz CT molecular complexity index is 709. The van der Waals surface area contributed by atoms with Crippen LogP contribution in [0.25, 0.3) is 10.6 Å². The SMILES string of the molecule is O=C(Nc1nnc(-c2ccccc2Cl)s1)C1CC(F)(F)CN1. The lowest BCUT2D eigenvalue weighted by molar-refractivity contribution is -0.118. The Hall–Kier alpha value is -1.64. The highest BCUT2D eigenvalue weighted by Crippen LogP contribution is 2.32. The number of anilines is 1. The minimum atomic E-state index is -2.86. The second-order valence-corrected chi connectivity index (χ2v) is 6.26. The second kappa shape index (κ2) is 5.86. The zero-order valence-electron chi connectivity index (χ0n) is 11.1. The molecule has 9 heteroatoms. The Labute approximate surface area is 133 Å². The molecule has 1 fully saturated rings. The molecule has 1 aliphatic rings. The zero-order valence-corrected chi connectivity index (χ0v) is 12.7. The van der Waals surface area contributed by atoms with Gasteiger partial charge >= 0.3 is 0 Å². The Kier molecular flexibility index (Phi) is 4.07. The van der Waals surface area contributed by atoms with Crippen molar-refractivity contribution < 1.29 is 13.6 Å². The van der Waals surface area contributed by atoms with Crippen LogP contribution in [0.1, 0.15) is 6.42 Å². The molecule has 1 unspecified atom stereocenters. The molecule has 1 aromatic carbocycles. The van der Waals surface area contributed by atoms with Crippen molar-refractivity contribution in [2.24, 2.45) is 0 Å². The molecule has 3 rings (SSSR count). The summed E-state index contributed by atoms with van der Waals surface area (Å²) in [6.45, 7) is -0.494. The number of benzene rings is 1. The third-order valence-corrected chi connectivity index (χ3v) is 4.39. The summed E-state index contributed by atoms with van der Waals surface area (Å²) >= 11 is 7.20. The number of carbonyl (C=O) groups is 1. The van der Waals surface area contributed by atoms with Crippen LogP contribution in [0, 0.1) is 0 Å². The molecule has 0 saturated carbocycles. The second-order valence-electron chi connectivity index (χ2n) is 4.88. The maximum Gasteiger partial charge on any atom is 0.262 e. The first-order chi connectivity index (χ1) is 10.4. The summed E-state index contributed by atoms with van der Waals surface area (Å²) in [5.41, 5.74) is 0.702. The van der Waals surface area contributed by atoms with Gasteiger partial charge in [0.05, 0.1) is 17.6 Å². The standard InChI is InChI=1S/C13H11ClF2N4OS/c14-8-4-2-1-3-7(8)11-19-20-12(22-11)18-10(21)9-5-13(15,16)6-17-9/h1-4,9,17H,5-6H2,(H,18,20,21). The minimum absolute atomic E-state index is 0.247. The van der Waals surface area contributed by atoms with E-state index in [1.54, 1.807) is 18.2 Å². The average molecular weight is 345 g/mol. The first-order valence-electron chi connectivity index (χ1n) is 6.45. The molecule has 2 N–H and O–H groups in total. The minimum Gasteiger partial charge on any atom is -0.300 e. The van der Waals surface area contributed by atoms with Gasteiger partial charge in [-0.2, -0.15) is 0 Å². The van der Waals surface area contributed by atoms with Gasteiger partial charge in [-0.1, -0.05) is 41.1 Å². The number of nitrogens with zero attached hydrogens (tertiary/aromatic N) is 2. The third kappa shape index (κ3) is 3.23. The van der Waals surface area contributed by atoms with Crippen LogP contribution in [0.5, 0.6) is 0 Å². The van der Waals surface area contributed by atoms with E-state index in [1.165, 1.54) is 0 Å². The van der Waals surface area contributed by atoms with Crippen molar-refractivity contribution in [2.45, 2.75) is 18.4 Å². The molecule has 116 valence electrons. The number of amides is 1. The van der Waals surface area contributed by atoms with Crippen LogP contribution in [0.3, 0.4) is 0 Å². The van der Waals surface area contributed by atoms with Crippen LogP contribution >= 0.6 is 22.9 Å². The lowest BCUT2D eigenvalue weighted by Gasteiger charge is -2.08. The van der Waals surface area contributed by atoms with Crippen LogP contribution in [0.4, 0.5) is 13.9 Å². The highest BCUT2D eigenvalue weighted by Gasteiger charge is 2.42. The van der Waals surface area contributed by atoms with Gasteiger partial charge in [0.25, 0.3) is 5.92 Å². The number of alkyl halides is 2. The molecule has 1 amide bonds. The first kappa shape index (κ1) is 15.3. The molecule has 0 radical (unpaired) electrons. The van der Waals surface area contributed by atoms with E-state index in [-0.39, 0.29) is 5.13 Å². The molecule has 1 aromatic heterocycles. The molecule has 5 nitrogen and oxygen atoms in total. The Morgan fingerprint density at radius 2 is 2.18 bits per heavy atom. The predicted molar refractivity (Wildman–Crippen MR) is 80.3 cm³/mol. The highest BCUT2D eigenvalue weighted by atomic mass is 35.5. The molecule has 2 heterocycles. The monoisotopic (exact) mass is 344 g/mol. The van der Waals surface area contributed by atoms with Crippen molar-refractivity contribution in [1.29, 1.82) is 0 Å². The van der Waals surface area contributed by atoms with E-state index in [9.17, 15) is 13.6 Å². The summed E-state index contributed by atoms with van der Waals surface area (Å²) in [6, 6.07) is 6.18. The summed E-state index contributed by atoms with van der Waals surface area (Å²) < 4.78 is 26.2. The number of nitrogens with one attached hydrogen (secondary N) is 2. The molecule has 0 spiro atoms. The molecule has 22 heavy (non-hydrogen) atoms. The van der Waals surface area contributed by atoms with Gasteiger partial charge in [0, 0.05) is 12.0 Å². The third-order valence-electron chi connectivity index (χ3n) is 3.19. The Morgan fingerprint density at radius 3 is 2.86 bits per heavy atom. The molecular weight excluding hydrogens is 334 g/mol. The average Bonchev–Trinajstić information content (AvgIpc) is 3.06. The molecule has 2 aromatic rings. The number of carbonyl (C=O) groups excluding carboxylic acids is 1. The van der Waals surface area contributed by atoms with E-state index < -0.39 is 30.8 Å². The number of hydrogen-bond donors (Lipinski definition) is 2. The molecule has 1 aliphatic heterocycles. The van der Waals surface area contributed by atoms with Gasteiger partial charge in [-0.25, -0.2) is 8.78 Å². The van der Waals surface area contributed by atoms with Gasteiger partial charge < -0.3 is 0 Å². The number of halogens is 3. The first-order valence-corrected chi connectivity index (χ1v) is 7.64. The van der Waals surface area contributed by atoms with Crippen molar-refractivity contribution in [1.82, 2.24) is 15.5 Å². The van der Waals surface area contributed by atoms with Gasteiger partial charge in [0.1, 0.15) is 0 Å². The lowest BCUT2D eigenvalue weighted by Crippen LogP contribution is -2.35. The van der Waals surface area contributed by atoms with Gasteiger partial charge in [-0.15, -0.1) is 10.2 Å². The fraction of sp³-hybridized carbons (Fsp3) is 0.308. The van der Waals surface area contributed by atoms with Crippen molar-refractivity contribution >= 4 is 34.0 Å². The van der Waals surface area contributed by atoms with E-state index in [1.807, 2.05) is 6.07 Å². The predicted octanol–water partition coefficient (Wildman–Crippen LogP) is 2.79. The van der Waals surface area contributed by atoms with Gasteiger partial charge in [0.15, 0.2) is 5.01 Å². The van der Waals surface area contributed by atoms with Crippen LogP contribution in [0.2, 0.25) is 5.02 Å². The van der Waals surface area contributed by atoms with Gasteiger partial charge in [0.2, 0.25) is 11.0 Å². The number of aromatic nitrogens is 2. The summed E-state index contributed by atoms with van der Waals surface area (Å²) in [7, 11) is 0. The molecular formula is C13H11ClF2N4OS. The van der Waals surface area contributed by atoms with Crippen molar-refractivity contribution in [3.63, 3.8) is 0 Å². The number of rotatable bonds is 3. The Morgan fingerprint density at radius 1 is 1.41 bits per heavy atom. The van der Waals surface area contributed by atoms with Crippen LogP contribution < -0.4 is 10.6 Å². The van der Waals surface area contributed by atoms with Crippen LogP contribution in [-0.4, -0.2) is 34.6 Å². The fourth-order valence-electron chi connectivity index (χ4n) is 2.11. The summed E-state index contributed by atoms with van der Waals surface area (Å²) in [4.78, 5) is 11.9. The normalized spacial score (nSPS) is 20.0. The van der Waals surface area contributed by atoms with Gasteiger partial charge in [-0.05, 0) is 6.07 Å². The van der Waals surface area contributed by atoms with E-state index in [0.29, 0.717) is 15.6 Å². The quantitative estimate of drug-likeness (QED) is 0.898. The fourth-order valence-corrected chi connectivity index (χ4v) is 3.18. The highest BCUT2D eigenvalue weighted by molar-refractivity contribution is 7.18. The Balaban J connectivity index is 1.70. The van der Waals surface area contributed by atoms with E-state index >= 15 is 0 Å². The van der Waals surface area contributed by atoms with E-state index in [2.05, 4.69) is 20.8 Å². The molecule has 0 bridgehead atoms. The largest absolute Gasteiger partial charge is 0.300 e.